The van der Waals surface area contributed by atoms with Gasteiger partial charge in [0.2, 0.25) is 0 Å². The molecule has 4 rings (SSSR count). The third-order valence-electron chi connectivity index (χ3n) is 6.94. The third-order valence-corrected chi connectivity index (χ3v) is 7.74. The van der Waals surface area contributed by atoms with E-state index < -0.39 is 26.9 Å². The molecule has 130 valence electrons. The summed E-state index contributed by atoms with van der Waals surface area (Å²) in [6.45, 7) is 1.62. The fourth-order valence-corrected chi connectivity index (χ4v) is 6.60. The first kappa shape index (κ1) is 15.7. The first-order chi connectivity index (χ1) is 10.5. The van der Waals surface area contributed by atoms with Crippen molar-refractivity contribution in [2.75, 3.05) is 0 Å². The smallest absolute Gasteiger partial charge is 0.428 e. The number of carbonyl (C=O) groups is 1. The fourth-order valence-electron chi connectivity index (χ4n) is 6.36. The van der Waals surface area contributed by atoms with E-state index in [-0.39, 0.29) is 5.92 Å². The van der Waals surface area contributed by atoms with Crippen molar-refractivity contribution in [1.29, 1.82) is 0 Å². The van der Waals surface area contributed by atoms with E-state index in [4.69, 9.17) is 4.74 Å². The Hall–Kier alpha value is -0.760. The molecule has 4 saturated carbocycles. The van der Waals surface area contributed by atoms with Crippen LogP contribution in [-0.2, 0) is 19.6 Å². The van der Waals surface area contributed by atoms with E-state index in [0.29, 0.717) is 36.0 Å². The Labute approximate surface area is 133 Å². The van der Waals surface area contributed by atoms with Crippen LogP contribution in [0.1, 0.15) is 39.0 Å². The number of alkyl halides is 2. The minimum absolute atomic E-state index is 0.00176. The van der Waals surface area contributed by atoms with Gasteiger partial charge in [0.1, 0.15) is 5.60 Å². The summed E-state index contributed by atoms with van der Waals surface area (Å²) in [6, 6.07) is 0. The van der Waals surface area contributed by atoms with Crippen LogP contribution in [-0.4, -0.2) is 29.8 Å². The quantitative estimate of drug-likeness (QED) is 0.443. The van der Waals surface area contributed by atoms with Crippen LogP contribution < -0.4 is 0 Å². The Morgan fingerprint density at radius 2 is 1.78 bits per heavy atom. The van der Waals surface area contributed by atoms with Gasteiger partial charge in [0.05, 0.1) is 0 Å². The molecule has 4 bridgehead atoms. The molecule has 0 amide bonds. The van der Waals surface area contributed by atoms with Crippen molar-refractivity contribution in [2.45, 2.75) is 49.9 Å². The molecule has 0 aromatic rings. The second-order valence-corrected chi connectivity index (χ2v) is 9.39. The SMILES string of the molecule is CC1(OC(=O)C(F)(F)S(=O)(=O)[O-])CC2CC1C1C3CCC(C3)C21. The maximum Gasteiger partial charge on any atom is 0.428 e. The van der Waals surface area contributed by atoms with Crippen molar-refractivity contribution in [3.63, 3.8) is 0 Å². The van der Waals surface area contributed by atoms with Gasteiger partial charge in [-0.1, -0.05) is 0 Å². The Morgan fingerprint density at radius 1 is 1.17 bits per heavy atom. The highest BCUT2D eigenvalue weighted by molar-refractivity contribution is 7.87. The minimum atomic E-state index is -6.07. The first-order valence-corrected chi connectivity index (χ1v) is 9.52. The highest BCUT2D eigenvalue weighted by Crippen LogP contribution is 2.70. The minimum Gasteiger partial charge on any atom is -0.743 e. The van der Waals surface area contributed by atoms with Crippen LogP contribution in [0.5, 0.6) is 0 Å². The average molecular weight is 349 g/mol. The van der Waals surface area contributed by atoms with Crippen LogP contribution >= 0.6 is 0 Å². The zero-order valence-corrected chi connectivity index (χ0v) is 13.5. The van der Waals surface area contributed by atoms with E-state index in [1.165, 1.54) is 12.8 Å². The van der Waals surface area contributed by atoms with Gasteiger partial charge in [0, 0.05) is 5.92 Å². The van der Waals surface area contributed by atoms with E-state index in [2.05, 4.69) is 0 Å². The number of esters is 1. The van der Waals surface area contributed by atoms with Gasteiger partial charge in [-0.2, -0.15) is 8.78 Å². The molecule has 0 spiro atoms. The lowest BCUT2D eigenvalue weighted by molar-refractivity contribution is -0.186. The highest BCUT2D eigenvalue weighted by Gasteiger charge is 2.67. The van der Waals surface area contributed by atoms with Gasteiger partial charge >= 0.3 is 11.2 Å². The van der Waals surface area contributed by atoms with Gasteiger partial charge in [-0.05, 0) is 68.6 Å². The Kier molecular flexibility index (Phi) is 3.04. The molecule has 0 radical (unpaired) electrons. The summed E-state index contributed by atoms with van der Waals surface area (Å²) in [5, 5.41) is -5.02. The van der Waals surface area contributed by atoms with Crippen molar-refractivity contribution >= 4 is 16.1 Å². The molecular formula is C15H19F2O5S-. The van der Waals surface area contributed by atoms with Gasteiger partial charge in [-0.3, -0.25) is 0 Å². The van der Waals surface area contributed by atoms with Gasteiger partial charge in [0.25, 0.3) is 0 Å². The summed E-state index contributed by atoms with van der Waals surface area (Å²) in [7, 11) is -6.07. The summed E-state index contributed by atoms with van der Waals surface area (Å²) in [5.41, 5.74) is -1.08. The second-order valence-electron chi connectivity index (χ2n) is 7.97. The normalized spacial score (nSPS) is 47.8. The summed E-state index contributed by atoms with van der Waals surface area (Å²) in [4.78, 5) is 11.6. The van der Waals surface area contributed by atoms with E-state index in [0.717, 1.165) is 12.8 Å². The van der Waals surface area contributed by atoms with Gasteiger partial charge < -0.3 is 9.29 Å². The molecule has 7 unspecified atom stereocenters. The standard InChI is InChI=1S/C15H20F2O5S/c1-14(22-13(18)15(16,17)23(19,20)21)6-9-5-10(14)12-8-3-2-7(4-8)11(9)12/h7-12H,2-6H2,1H3,(H,19,20,21)/p-1. The topological polar surface area (TPSA) is 83.5 Å². The molecule has 0 heterocycles. The Balaban J connectivity index is 1.56. The zero-order chi connectivity index (χ0) is 16.8. The van der Waals surface area contributed by atoms with Crippen molar-refractivity contribution in [1.82, 2.24) is 0 Å². The monoisotopic (exact) mass is 349 g/mol. The van der Waals surface area contributed by atoms with Crippen LogP contribution in [0, 0.1) is 35.5 Å². The fraction of sp³-hybridized carbons (Fsp3) is 0.933. The third kappa shape index (κ3) is 1.97. The number of hydrogen-bond donors (Lipinski definition) is 0. The summed E-state index contributed by atoms with van der Waals surface area (Å²) < 4.78 is 63.7. The maximum atomic E-state index is 13.4. The number of carbonyl (C=O) groups excluding carboxylic acids is 1. The highest BCUT2D eigenvalue weighted by atomic mass is 32.2. The van der Waals surface area contributed by atoms with Crippen molar-refractivity contribution < 1.29 is 31.3 Å². The summed E-state index contributed by atoms with van der Waals surface area (Å²) in [6.07, 6.45) is 4.89. The molecule has 23 heavy (non-hydrogen) atoms. The lowest BCUT2D eigenvalue weighted by atomic mass is 9.66. The Morgan fingerprint density at radius 3 is 2.39 bits per heavy atom. The van der Waals surface area contributed by atoms with E-state index in [9.17, 15) is 26.5 Å². The largest absolute Gasteiger partial charge is 0.743 e. The van der Waals surface area contributed by atoms with E-state index in [1.54, 1.807) is 6.92 Å². The molecule has 8 heteroatoms. The molecule has 7 atom stereocenters. The van der Waals surface area contributed by atoms with Crippen LogP contribution in [0.25, 0.3) is 0 Å². The molecule has 4 fully saturated rings. The predicted octanol–water partition coefficient (Wildman–Crippen LogP) is 2.13. The van der Waals surface area contributed by atoms with Crippen molar-refractivity contribution in [3.05, 3.63) is 0 Å². The number of fused-ring (bicyclic) bond motifs is 9. The van der Waals surface area contributed by atoms with Crippen molar-refractivity contribution in [3.8, 4) is 0 Å². The summed E-state index contributed by atoms with van der Waals surface area (Å²) in [5.74, 6) is 0.419. The van der Waals surface area contributed by atoms with Gasteiger partial charge in [-0.15, -0.1) is 0 Å². The Bertz CT molecular complexity index is 663. The van der Waals surface area contributed by atoms with Crippen LogP contribution in [0.4, 0.5) is 8.78 Å². The van der Waals surface area contributed by atoms with E-state index >= 15 is 0 Å². The molecule has 0 N–H and O–H groups in total. The molecule has 0 saturated heterocycles. The summed E-state index contributed by atoms with van der Waals surface area (Å²) >= 11 is 0. The first-order valence-electron chi connectivity index (χ1n) is 8.11. The van der Waals surface area contributed by atoms with Gasteiger partial charge in [-0.25, -0.2) is 13.2 Å². The predicted molar refractivity (Wildman–Crippen MR) is 73.2 cm³/mol. The average Bonchev–Trinajstić information content (AvgIpc) is 3.13. The molecule has 0 aromatic heterocycles. The molecular weight excluding hydrogens is 330 g/mol. The van der Waals surface area contributed by atoms with Crippen LogP contribution in [0.2, 0.25) is 0 Å². The molecule has 4 aliphatic rings. The molecule has 4 aliphatic carbocycles. The lowest BCUT2D eigenvalue weighted by Gasteiger charge is -2.44. The maximum absolute atomic E-state index is 13.4. The molecule has 0 aliphatic heterocycles. The number of halogens is 2. The number of ether oxygens (including phenoxy) is 1. The number of hydrogen-bond acceptors (Lipinski definition) is 5. The lowest BCUT2D eigenvalue weighted by Crippen LogP contribution is -2.50. The number of rotatable bonds is 3. The molecule has 5 nitrogen and oxygen atoms in total. The second kappa shape index (κ2) is 4.45. The molecule has 0 aromatic carbocycles. The zero-order valence-electron chi connectivity index (χ0n) is 12.7. The van der Waals surface area contributed by atoms with Gasteiger partial charge in [0.15, 0.2) is 10.1 Å². The van der Waals surface area contributed by atoms with E-state index in [1.807, 2.05) is 0 Å². The van der Waals surface area contributed by atoms with Crippen molar-refractivity contribution in [2.24, 2.45) is 35.5 Å². The van der Waals surface area contributed by atoms with Crippen LogP contribution in [0.3, 0.4) is 0 Å². The van der Waals surface area contributed by atoms with Crippen LogP contribution in [0.15, 0.2) is 0 Å².